The average Bonchev–Trinajstić information content (AvgIpc) is 2.83. The lowest BCUT2D eigenvalue weighted by atomic mass is 10.4. The van der Waals surface area contributed by atoms with Crippen LogP contribution in [0, 0.1) is 17.0 Å². The zero-order valence-electron chi connectivity index (χ0n) is 10.3. The summed E-state index contributed by atoms with van der Waals surface area (Å²) in [5, 5.41) is 21.6. The van der Waals surface area contributed by atoms with Gasteiger partial charge in [-0.1, -0.05) is 23.1 Å². The van der Waals surface area contributed by atoms with E-state index in [9.17, 15) is 14.9 Å². The van der Waals surface area contributed by atoms with Crippen molar-refractivity contribution in [2.75, 3.05) is 11.1 Å². The molecule has 20 heavy (non-hydrogen) atoms. The molecule has 0 aliphatic heterocycles. The van der Waals surface area contributed by atoms with Gasteiger partial charge in [-0.25, -0.2) is 4.98 Å². The standard InChI is InChI=1S/C10H9N5O3S2/c1-6-13-14-10(20-6)19-5-9(16)12-8-3-2-7(4-11-8)15(17)18/h2-4H,5H2,1H3,(H,11,12,16). The summed E-state index contributed by atoms with van der Waals surface area (Å²) in [5.41, 5.74) is -0.123. The monoisotopic (exact) mass is 311 g/mol. The second-order valence-corrected chi connectivity index (χ2v) is 5.99. The van der Waals surface area contributed by atoms with Crippen LogP contribution in [-0.2, 0) is 4.79 Å². The molecule has 0 aromatic carbocycles. The first-order valence-electron chi connectivity index (χ1n) is 5.38. The highest BCUT2D eigenvalue weighted by molar-refractivity contribution is 8.01. The highest BCUT2D eigenvalue weighted by atomic mass is 32.2. The molecule has 0 aliphatic rings. The molecular weight excluding hydrogens is 302 g/mol. The Bertz CT molecular complexity index is 628. The van der Waals surface area contributed by atoms with Gasteiger partial charge in [-0.05, 0) is 13.0 Å². The number of carbonyl (C=O) groups excluding carboxylic acids is 1. The first kappa shape index (κ1) is 14.3. The molecular formula is C10H9N5O3S2. The topological polar surface area (TPSA) is 111 Å². The van der Waals surface area contributed by atoms with Gasteiger partial charge in [0.15, 0.2) is 4.34 Å². The second-order valence-electron chi connectivity index (χ2n) is 3.58. The Morgan fingerprint density at radius 2 is 2.30 bits per heavy atom. The zero-order chi connectivity index (χ0) is 14.5. The second kappa shape index (κ2) is 6.39. The number of aryl methyl sites for hydroxylation is 1. The van der Waals surface area contributed by atoms with E-state index in [0.29, 0.717) is 4.34 Å². The first-order chi connectivity index (χ1) is 9.54. The number of anilines is 1. The van der Waals surface area contributed by atoms with E-state index in [1.54, 1.807) is 0 Å². The van der Waals surface area contributed by atoms with E-state index < -0.39 is 4.92 Å². The molecule has 8 nitrogen and oxygen atoms in total. The number of nitrogens with zero attached hydrogens (tertiary/aromatic N) is 4. The number of carbonyl (C=O) groups is 1. The maximum atomic E-state index is 11.7. The minimum absolute atomic E-state index is 0.123. The molecule has 104 valence electrons. The Morgan fingerprint density at radius 1 is 1.50 bits per heavy atom. The summed E-state index contributed by atoms with van der Waals surface area (Å²) in [6, 6.07) is 2.67. The van der Waals surface area contributed by atoms with Gasteiger partial charge < -0.3 is 5.32 Å². The lowest BCUT2D eigenvalue weighted by Gasteiger charge is -2.02. The fourth-order valence-corrected chi connectivity index (χ4v) is 2.83. The van der Waals surface area contributed by atoms with Crippen molar-refractivity contribution in [3.63, 3.8) is 0 Å². The van der Waals surface area contributed by atoms with E-state index in [0.717, 1.165) is 11.2 Å². The Balaban J connectivity index is 1.86. The van der Waals surface area contributed by atoms with Crippen molar-refractivity contribution >= 4 is 40.5 Å². The van der Waals surface area contributed by atoms with Crippen LogP contribution >= 0.6 is 23.1 Å². The number of nitro groups is 1. The van der Waals surface area contributed by atoms with Gasteiger partial charge in [-0.15, -0.1) is 10.2 Å². The molecule has 1 N–H and O–H groups in total. The Hall–Kier alpha value is -2.07. The summed E-state index contributed by atoms with van der Waals surface area (Å²) in [6.07, 6.45) is 1.09. The smallest absolute Gasteiger partial charge is 0.287 e. The highest BCUT2D eigenvalue weighted by Gasteiger charge is 2.09. The average molecular weight is 311 g/mol. The van der Waals surface area contributed by atoms with Crippen molar-refractivity contribution in [1.29, 1.82) is 0 Å². The van der Waals surface area contributed by atoms with Crippen molar-refractivity contribution in [2.45, 2.75) is 11.3 Å². The maximum absolute atomic E-state index is 11.7. The summed E-state index contributed by atoms with van der Waals surface area (Å²) < 4.78 is 0.717. The predicted octanol–water partition coefficient (Wildman–Crippen LogP) is 1.88. The van der Waals surface area contributed by atoms with Crippen LogP contribution in [0.4, 0.5) is 11.5 Å². The van der Waals surface area contributed by atoms with Gasteiger partial charge in [0.1, 0.15) is 17.0 Å². The Kier molecular flexibility index (Phi) is 4.58. The molecule has 2 rings (SSSR count). The minimum atomic E-state index is -0.549. The van der Waals surface area contributed by atoms with Crippen molar-refractivity contribution in [2.24, 2.45) is 0 Å². The van der Waals surface area contributed by atoms with E-state index in [-0.39, 0.29) is 23.2 Å². The number of pyridine rings is 1. The minimum Gasteiger partial charge on any atom is -0.310 e. The van der Waals surface area contributed by atoms with Gasteiger partial charge >= 0.3 is 0 Å². The van der Waals surface area contributed by atoms with Gasteiger partial charge in [0.25, 0.3) is 5.69 Å². The molecule has 0 saturated carbocycles. The number of hydrogen-bond donors (Lipinski definition) is 1. The van der Waals surface area contributed by atoms with E-state index in [4.69, 9.17) is 0 Å². The normalized spacial score (nSPS) is 10.2. The third-order valence-electron chi connectivity index (χ3n) is 2.06. The lowest BCUT2D eigenvalue weighted by molar-refractivity contribution is -0.385. The number of thioether (sulfide) groups is 1. The molecule has 0 unspecified atom stereocenters. The number of rotatable bonds is 5. The van der Waals surface area contributed by atoms with Crippen LogP contribution in [0.2, 0.25) is 0 Å². The van der Waals surface area contributed by atoms with Crippen molar-refractivity contribution in [3.05, 3.63) is 33.5 Å². The van der Waals surface area contributed by atoms with Gasteiger partial charge in [0.05, 0.1) is 10.7 Å². The first-order valence-corrected chi connectivity index (χ1v) is 7.18. The maximum Gasteiger partial charge on any atom is 0.287 e. The molecule has 0 aliphatic carbocycles. The quantitative estimate of drug-likeness (QED) is 0.509. The van der Waals surface area contributed by atoms with Crippen LogP contribution in [0.5, 0.6) is 0 Å². The molecule has 0 bridgehead atoms. The predicted molar refractivity (Wildman–Crippen MR) is 74.9 cm³/mol. The molecule has 1 amide bonds. The summed E-state index contributed by atoms with van der Waals surface area (Å²) >= 11 is 2.68. The molecule has 0 saturated heterocycles. The van der Waals surface area contributed by atoms with Crippen LogP contribution in [0.1, 0.15) is 5.01 Å². The fourth-order valence-electron chi connectivity index (χ4n) is 1.21. The van der Waals surface area contributed by atoms with Crippen LogP contribution in [0.15, 0.2) is 22.7 Å². The summed E-state index contributed by atoms with van der Waals surface area (Å²) in [6.45, 7) is 1.84. The van der Waals surface area contributed by atoms with Crippen LogP contribution in [0.25, 0.3) is 0 Å². The van der Waals surface area contributed by atoms with Crippen molar-refractivity contribution in [3.8, 4) is 0 Å². The summed E-state index contributed by atoms with van der Waals surface area (Å²) in [7, 11) is 0. The fraction of sp³-hybridized carbons (Fsp3) is 0.200. The lowest BCUT2D eigenvalue weighted by Crippen LogP contribution is -2.14. The highest BCUT2D eigenvalue weighted by Crippen LogP contribution is 2.21. The molecule has 10 heteroatoms. The largest absolute Gasteiger partial charge is 0.310 e. The van der Waals surface area contributed by atoms with E-state index in [1.807, 2.05) is 6.92 Å². The van der Waals surface area contributed by atoms with E-state index in [2.05, 4.69) is 20.5 Å². The molecule has 0 radical (unpaired) electrons. The van der Waals surface area contributed by atoms with Crippen molar-refractivity contribution in [1.82, 2.24) is 15.2 Å². The number of hydrogen-bond acceptors (Lipinski definition) is 8. The van der Waals surface area contributed by atoms with Crippen molar-refractivity contribution < 1.29 is 9.72 Å². The van der Waals surface area contributed by atoms with E-state index in [1.165, 1.54) is 35.2 Å². The van der Waals surface area contributed by atoms with Crippen LogP contribution < -0.4 is 5.32 Å². The van der Waals surface area contributed by atoms with E-state index >= 15 is 0 Å². The third kappa shape index (κ3) is 3.96. The summed E-state index contributed by atoms with van der Waals surface area (Å²) in [4.78, 5) is 25.4. The Morgan fingerprint density at radius 3 is 2.85 bits per heavy atom. The van der Waals surface area contributed by atoms with Gasteiger partial charge in [0.2, 0.25) is 5.91 Å². The zero-order valence-corrected chi connectivity index (χ0v) is 11.9. The molecule has 0 atom stereocenters. The van der Waals surface area contributed by atoms with Gasteiger partial charge in [0, 0.05) is 6.07 Å². The van der Waals surface area contributed by atoms with Crippen LogP contribution in [-0.4, -0.2) is 31.8 Å². The molecule has 2 heterocycles. The Labute approximate surface area is 121 Å². The SMILES string of the molecule is Cc1nnc(SCC(=O)Nc2ccc([N+](=O)[O-])cn2)s1. The number of aromatic nitrogens is 3. The number of amides is 1. The third-order valence-corrected chi connectivity index (χ3v) is 4.03. The van der Waals surface area contributed by atoms with Gasteiger partial charge in [-0.2, -0.15) is 0 Å². The number of nitrogens with one attached hydrogen (secondary N) is 1. The molecule has 0 spiro atoms. The van der Waals surface area contributed by atoms with Crippen LogP contribution in [0.3, 0.4) is 0 Å². The molecule has 2 aromatic heterocycles. The molecule has 0 fully saturated rings. The summed E-state index contributed by atoms with van der Waals surface area (Å²) in [5.74, 6) is 0.187. The molecule has 2 aromatic rings. The van der Waals surface area contributed by atoms with Gasteiger partial charge in [-0.3, -0.25) is 14.9 Å².